The molecule has 1 saturated heterocycles. The minimum Gasteiger partial charge on any atom is -0.331 e. The summed E-state index contributed by atoms with van der Waals surface area (Å²) in [5.41, 5.74) is 1.68. The molecule has 1 aromatic heterocycles. The number of amides is 1. The summed E-state index contributed by atoms with van der Waals surface area (Å²) in [6, 6.07) is 8.70. The zero-order valence-electron chi connectivity index (χ0n) is 16.9. The second-order valence-corrected chi connectivity index (χ2v) is 10.6. The van der Waals surface area contributed by atoms with Gasteiger partial charge in [-0.25, -0.2) is 8.42 Å². The van der Waals surface area contributed by atoms with Gasteiger partial charge in [0.05, 0.1) is 10.9 Å². The third-order valence-electron chi connectivity index (χ3n) is 5.92. The van der Waals surface area contributed by atoms with E-state index in [-0.39, 0.29) is 16.8 Å². The van der Waals surface area contributed by atoms with E-state index in [9.17, 15) is 13.2 Å². The van der Waals surface area contributed by atoms with Crippen LogP contribution in [-0.2, 0) is 16.4 Å². The molecule has 0 aliphatic carbocycles. The van der Waals surface area contributed by atoms with Crippen molar-refractivity contribution in [3.05, 3.63) is 51.7 Å². The Balaban J connectivity index is 1.59. The highest BCUT2D eigenvalue weighted by atomic mass is 32.2. The van der Waals surface area contributed by atoms with E-state index in [1.807, 2.05) is 11.9 Å². The highest BCUT2D eigenvalue weighted by Crippen LogP contribution is 2.36. The van der Waals surface area contributed by atoms with Crippen molar-refractivity contribution < 1.29 is 13.2 Å². The summed E-state index contributed by atoms with van der Waals surface area (Å²) in [6.45, 7) is 5.13. The van der Waals surface area contributed by atoms with Crippen LogP contribution in [0.5, 0.6) is 0 Å². The van der Waals surface area contributed by atoms with Crippen molar-refractivity contribution in [2.75, 3.05) is 39.8 Å². The van der Waals surface area contributed by atoms with Crippen molar-refractivity contribution in [1.82, 2.24) is 14.1 Å². The van der Waals surface area contributed by atoms with Gasteiger partial charge in [-0.15, -0.1) is 11.3 Å². The van der Waals surface area contributed by atoms with Crippen LogP contribution in [0.4, 0.5) is 0 Å². The van der Waals surface area contributed by atoms with E-state index < -0.39 is 10.0 Å². The third kappa shape index (κ3) is 3.86. The molecule has 2 aromatic rings. The van der Waals surface area contributed by atoms with Crippen LogP contribution >= 0.6 is 11.3 Å². The molecule has 8 heteroatoms. The molecule has 4 rings (SSSR count). The van der Waals surface area contributed by atoms with E-state index in [1.165, 1.54) is 14.7 Å². The minimum atomic E-state index is -3.59. The smallest absolute Gasteiger partial charge is 0.254 e. The lowest BCUT2D eigenvalue weighted by Gasteiger charge is -2.35. The number of hydrogen-bond acceptors (Lipinski definition) is 5. The second-order valence-electron chi connectivity index (χ2n) is 7.71. The maximum atomic E-state index is 13.3. The van der Waals surface area contributed by atoms with Crippen molar-refractivity contribution in [3.63, 3.8) is 0 Å². The number of carbonyl (C=O) groups excluding carboxylic acids is 1. The molecule has 2 aliphatic heterocycles. The Kier molecular flexibility index (Phi) is 5.79. The summed E-state index contributed by atoms with van der Waals surface area (Å²) in [5, 5.41) is 2.09. The maximum Gasteiger partial charge on any atom is 0.254 e. The summed E-state index contributed by atoms with van der Waals surface area (Å²) >= 11 is 1.75. The van der Waals surface area contributed by atoms with Crippen LogP contribution in [0.3, 0.4) is 0 Å². The Morgan fingerprint density at radius 2 is 1.90 bits per heavy atom. The normalized spacial score (nSPS) is 21.2. The molecule has 29 heavy (non-hydrogen) atoms. The Morgan fingerprint density at radius 1 is 1.14 bits per heavy atom. The van der Waals surface area contributed by atoms with Crippen LogP contribution in [0.2, 0.25) is 0 Å². The molecule has 1 atom stereocenters. The highest BCUT2D eigenvalue weighted by molar-refractivity contribution is 7.89. The van der Waals surface area contributed by atoms with E-state index in [1.54, 1.807) is 35.6 Å². The molecular formula is C21H27N3O3S2. The molecule has 3 heterocycles. The first-order chi connectivity index (χ1) is 13.9. The fourth-order valence-corrected chi connectivity index (χ4v) is 6.61. The van der Waals surface area contributed by atoms with Gasteiger partial charge < -0.3 is 9.80 Å². The largest absolute Gasteiger partial charge is 0.331 e. The van der Waals surface area contributed by atoms with Gasteiger partial charge in [0, 0.05) is 43.2 Å². The quantitative estimate of drug-likeness (QED) is 0.744. The first-order valence-corrected chi connectivity index (χ1v) is 12.4. The SMILES string of the molecule is CCC1c2ccsc2CCN1C(=O)c1cccc(S(=O)(=O)N2CCN(C)CC2)c1. The number of nitrogens with zero attached hydrogens (tertiary/aromatic N) is 3. The van der Waals surface area contributed by atoms with Crippen LogP contribution in [-0.4, -0.2) is 68.2 Å². The zero-order chi connectivity index (χ0) is 20.6. The summed E-state index contributed by atoms with van der Waals surface area (Å²) in [4.78, 5) is 18.9. The number of carbonyl (C=O) groups is 1. The van der Waals surface area contributed by atoms with Gasteiger partial charge >= 0.3 is 0 Å². The number of sulfonamides is 1. The monoisotopic (exact) mass is 433 g/mol. The minimum absolute atomic E-state index is 0.0513. The third-order valence-corrected chi connectivity index (χ3v) is 8.81. The molecule has 1 unspecified atom stereocenters. The van der Waals surface area contributed by atoms with E-state index >= 15 is 0 Å². The lowest BCUT2D eigenvalue weighted by molar-refractivity contribution is 0.0657. The van der Waals surface area contributed by atoms with E-state index in [0.29, 0.717) is 38.3 Å². The Morgan fingerprint density at radius 3 is 2.62 bits per heavy atom. The van der Waals surface area contributed by atoms with Crippen molar-refractivity contribution >= 4 is 27.3 Å². The van der Waals surface area contributed by atoms with E-state index in [2.05, 4.69) is 23.3 Å². The first-order valence-electron chi connectivity index (χ1n) is 10.1. The van der Waals surface area contributed by atoms with Crippen LogP contribution < -0.4 is 0 Å². The summed E-state index contributed by atoms with van der Waals surface area (Å²) < 4.78 is 27.7. The van der Waals surface area contributed by atoms with E-state index in [4.69, 9.17) is 0 Å². The van der Waals surface area contributed by atoms with E-state index in [0.717, 1.165) is 12.8 Å². The van der Waals surface area contributed by atoms with Gasteiger partial charge in [0.15, 0.2) is 0 Å². The lowest BCUT2D eigenvalue weighted by atomic mass is 9.97. The number of rotatable bonds is 4. The topological polar surface area (TPSA) is 60.9 Å². The van der Waals surface area contributed by atoms with Crippen molar-refractivity contribution in [1.29, 1.82) is 0 Å². The molecule has 6 nitrogen and oxygen atoms in total. The van der Waals surface area contributed by atoms with Gasteiger partial charge in [-0.1, -0.05) is 13.0 Å². The van der Waals surface area contributed by atoms with Gasteiger partial charge in [-0.05, 0) is 55.1 Å². The number of piperazine rings is 1. The molecule has 0 bridgehead atoms. The molecule has 1 amide bonds. The first kappa shape index (κ1) is 20.5. The predicted octanol–water partition coefficient (Wildman–Crippen LogP) is 2.83. The molecule has 0 N–H and O–H groups in total. The van der Waals surface area contributed by atoms with Gasteiger partial charge in [0.1, 0.15) is 0 Å². The summed E-state index contributed by atoms with van der Waals surface area (Å²) in [6.07, 6.45) is 1.70. The van der Waals surface area contributed by atoms with Crippen molar-refractivity contribution in [2.45, 2.75) is 30.7 Å². The Hall–Kier alpha value is -1.74. The molecule has 1 fully saturated rings. The number of fused-ring (bicyclic) bond motifs is 1. The molecule has 1 aromatic carbocycles. The van der Waals surface area contributed by atoms with Crippen LogP contribution in [0.1, 0.15) is 40.2 Å². The van der Waals surface area contributed by atoms with Crippen LogP contribution in [0.15, 0.2) is 40.6 Å². The van der Waals surface area contributed by atoms with Crippen LogP contribution in [0.25, 0.3) is 0 Å². The number of thiophene rings is 1. The zero-order valence-corrected chi connectivity index (χ0v) is 18.5. The second kappa shape index (κ2) is 8.18. The molecule has 0 spiro atoms. The predicted molar refractivity (Wildman–Crippen MR) is 115 cm³/mol. The fraction of sp³-hybridized carbons (Fsp3) is 0.476. The molecule has 0 saturated carbocycles. The average Bonchev–Trinajstić information content (AvgIpc) is 3.22. The van der Waals surface area contributed by atoms with Crippen molar-refractivity contribution in [2.24, 2.45) is 0 Å². The van der Waals surface area contributed by atoms with Gasteiger partial charge in [0.25, 0.3) is 5.91 Å². The average molecular weight is 434 g/mol. The van der Waals surface area contributed by atoms with Crippen molar-refractivity contribution in [3.8, 4) is 0 Å². The van der Waals surface area contributed by atoms with Gasteiger partial charge in [-0.2, -0.15) is 4.31 Å². The Bertz CT molecular complexity index is 994. The molecule has 156 valence electrons. The fourth-order valence-electron chi connectivity index (χ4n) is 4.21. The Labute approximate surface area is 176 Å². The number of hydrogen-bond donors (Lipinski definition) is 0. The van der Waals surface area contributed by atoms with Gasteiger partial charge in [0.2, 0.25) is 10.0 Å². The maximum absolute atomic E-state index is 13.3. The van der Waals surface area contributed by atoms with Gasteiger partial charge in [-0.3, -0.25) is 4.79 Å². The number of likely N-dealkylation sites (N-methyl/N-ethyl adjacent to an activating group) is 1. The molecule has 2 aliphatic rings. The molecular weight excluding hydrogens is 406 g/mol. The highest BCUT2D eigenvalue weighted by Gasteiger charge is 2.32. The summed E-state index contributed by atoms with van der Waals surface area (Å²) in [5.74, 6) is -0.0934. The lowest BCUT2D eigenvalue weighted by Crippen LogP contribution is -2.47. The van der Waals surface area contributed by atoms with Crippen LogP contribution in [0, 0.1) is 0 Å². The molecule has 0 radical (unpaired) electrons. The summed E-state index contributed by atoms with van der Waals surface area (Å²) in [7, 11) is -1.60. The number of benzene rings is 1. The standard InChI is InChI=1S/C21H27N3O3S2/c1-3-19-18-8-14-28-20(18)7-9-24(19)21(25)16-5-4-6-17(15-16)29(26,27)23-12-10-22(2)11-13-23/h4-6,8,14-15,19H,3,7,9-13H2,1-2H3.